The number of hydrogen-bond donors (Lipinski definition) is 0. The maximum absolute atomic E-state index is 12.4. The quantitative estimate of drug-likeness (QED) is 0.774. The van der Waals surface area contributed by atoms with E-state index in [-0.39, 0.29) is 16.8 Å². The second-order valence-electron chi connectivity index (χ2n) is 6.12. The molecule has 0 radical (unpaired) electrons. The summed E-state index contributed by atoms with van der Waals surface area (Å²) in [6.07, 6.45) is 4.62. The van der Waals surface area contributed by atoms with E-state index in [1.165, 1.54) is 0 Å². The van der Waals surface area contributed by atoms with Crippen LogP contribution in [0.5, 0.6) is 0 Å². The molecule has 3 aliphatic rings. The zero-order valence-corrected chi connectivity index (χ0v) is 12.3. The molecule has 19 heavy (non-hydrogen) atoms. The highest BCUT2D eigenvalue weighted by atomic mass is 32.2. The van der Waals surface area contributed by atoms with Crippen LogP contribution in [0.25, 0.3) is 0 Å². The molecule has 5 nitrogen and oxygen atoms in total. The number of piperidine rings is 1. The first-order chi connectivity index (χ1) is 9.08. The van der Waals surface area contributed by atoms with Crippen LogP contribution in [0.1, 0.15) is 32.1 Å². The molecule has 0 aromatic rings. The fourth-order valence-electron chi connectivity index (χ4n) is 3.54. The Morgan fingerprint density at radius 3 is 2.84 bits per heavy atom. The lowest BCUT2D eigenvalue weighted by molar-refractivity contribution is -0.137. The molecule has 0 N–H and O–H groups in total. The fraction of sp³-hybridized carbons (Fsp3) is 1.00. The zero-order chi connectivity index (χ0) is 13.5. The van der Waals surface area contributed by atoms with Gasteiger partial charge in [0.1, 0.15) is 0 Å². The van der Waals surface area contributed by atoms with Gasteiger partial charge in [-0.3, -0.25) is 0 Å². The third kappa shape index (κ3) is 2.44. The number of rotatable bonds is 4. The average Bonchev–Trinajstić information content (AvgIpc) is 3.22. The van der Waals surface area contributed by atoms with E-state index in [1.54, 1.807) is 11.4 Å². The van der Waals surface area contributed by atoms with Gasteiger partial charge in [-0.2, -0.15) is 0 Å². The van der Waals surface area contributed by atoms with E-state index < -0.39 is 10.0 Å². The predicted octanol–water partition coefficient (Wildman–Crippen LogP) is 0.996. The smallest absolute Gasteiger partial charge is 0.217 e. The molecule has 2 saturated heterocycles. The van der Waals surface area contributed by atoms with Gasteiger partial charge in [-0.15, -0.1) is 0 Å². The molecular formula is C13H23NO4S. The third-order valence-electron chi connectivity index (χ3n) is 4.69. The van der Waals surface area contributed by atoms with Crippen LogP contribution in [0.15, 0.2) is 0 Å². The van der Waals surface area contributed by atoms with Crippen LogP contribution in [0.4, 0.5) is 0 Å². The molecule has 0 aromatic heterocycles. The van der Waals surface area contributed by atoms with Crippen molar-refractivity contribution in [2.24, 2.45) is 5.41 Å². The average molecular weight is 289 g/mol. The van der Waals surface area contributed by atoms with Crippen molar-refractivity contribution in [3.8, 4) is 0 Å². The SMILES string of the molecule is COC[C@@]12CCCO[C@H]1CCN(S(=O)(=O)C1CC1)C2. The molecule has 1 saturated carbocycles. The fourth-order valence-corrected chi connectivity index (χ4v) is 5.49. The van der Waals surface area contributed by atoms with Gasteiger partial charge >= 0.3 is 0 Å². The van der Waals surface area contributed by atoms with Crippen LogP contribution < -0.4 is 0 Å². The monoisotopic (exact) mass is 289 g/mol. The van der Waals surface area contributed by atoms with E-state index in [0.717, 1.165) is 38.7 Å². The Hall–Kier alpha value is -0.170. The highest BCUT2D eigenvalue weighted by Crippen LogP contribution is 2.43. The molecule has 0 spiro atoms. The van der Waals surface area contributed by atoms with E-state index in [0.29, 0.717) is 19.7 Å². The van der Waals surface area contributed by atoms with Gasteiger partial charge in [0, 0.05) is 32.2 Å². The summed E-state index contributed by atoms with van der Waals surface area (Å²) in [7, 11) is -1.38. The summed E-state index contributed by atoms with van der Waals surface area (Å²) in [6.45, 7) is 2.57. The second kappa shape index (κ2) is 4.98. The molecule has 0 amide bonds. The van der Waals surface area contributed by atoms with E-state index in [4.69, 9.17) is 9.47 Å². The summed E-state index contributed by atoms with van der Waals surface area (Å²) in [5.74, 6) is 0. The minimum Gasteiger partial charge on any atom is -0.384 e. The van der Waals surface area contributed by atoms with Gasteiger partial charge in [-0.1, -0.05) is 0 Å². The summed E-state index contributed by atoms with van der Waals surface area (Å²) >= 11 is 0. The largest absolute Gasteiger partial charge is 0.384 e. The lowest BCUT2D eigenvalue weighted by atomic mass is 9.73. The van der Waals surface area contributed by atoms with Crippen LogP contribution in [0, 0.1) is 5.41 Å². The number of nitrogens with zero attached hydrogens (tertiary/aromatic N) is 1. The minimum absolute atomic E-state index is 0.117. The van der Waals surface area contributed by atoms with E-state index >= 15 is 0 Å². The van der Waals surface area contributed by atoms with Gasteiger partial charge in [0.05, 0.1) is 18.0 Å². The molecule has 0 unspecified atom stereocenters. The molecule has 110 valence electrons. The van der Waals surface area contributed by atoms with Crippen LogP contribution in [0.2, 0.25) is 0 Å². The maximum Gasteiger partial charge on any atom is 0.217 e. The van der Waals surface area contributed by atoms with Crippen LogP contribution >= 0.6 is 0 Å². The number of hydrogen-bond acceptors (Lipinski definition) is 4. The number of ether oxygens (including phenoxy) is 2. The minimum atomic E-state index is -3.07. The van der Waals surface area contributed by atoms with Gasteiger partial charge in [0.2, 0.25) is 10.0 Å². The van der Waals surface area contributed by atoms with Gasteiger partial charge < -0.3 is 9.47 Å². The molecule has 2 heterocycles. The Morgan fingerprint density at radius 2 is 2.16 bits per heavy atom. The normalized spacial score (nSPS) is 37.0. The molecule has 6 heteroatoms. The topological polar surface area (TPSA) is 55.8 Å². The third-order valence-corrected chi connectivity index (χ3v) is 7.04. The van der Waals surface area contributed by atoms with E-state index in [9.17, 15) is 8.42 Å². The second-order valence-corrected chi connectivity index (χ2v) is 8.34. The summed E-state index contributed by atoms with van der Waals surface area (Å²) < 4.78 is 37.8. The first kappa shape index (κ1) is 13.8. The molecule has 0 aromatic carbocycles. The van der Waals surface area contributed by atoms with Gasteiger partial charge in [0.25, 0.3) is 0 Å². The van der Waals surface area contributed by atoms with Crippen molar-refractivity contribution >= 4 is 10.0 Å². The summed E-state index contributed by atoms with van der Waals surface area (Å²) in [5, 5.41) is -0.117. The molecule has 1 aliphatic carbocycles. The summed E-state index contributed by atoms with van der Waals surface area (Å²) in [4.78, 5) is 0. The maximum atomic E-state index is 12.4. The van der Waals surface area contributed by atoms with E-state index in [1.807, 2.05) is 0 Å². The van der Waals surface area contributed by atoms with Crippen molar-refractivity contribution in [2.75, 3.05) is 33.4 Å². The van der Waals surface area contributed by atoms with Crippen molar-refractivity contribution in [2.45, 2.75) is 43.5 Å². The highest BCUT2D eigenvalue weighted by molar-refractivity contribution is 7.90. The Labute approximate surface area is 115 Å². The van der Waals surface area contributed by atoms with Crippen LogP contribution in [-0.2, 0) is 19.5 Å². The highest BCUT2D eigenvalue weighted by Gasteiger charge is 2.50. The van der Waals surface area contributed by atoms with Crippen LogP contribution in [0.3, 0.4) is 0 Å². The molecule has 3 rings (SSSR count). The first-order valence-electron chi connectivity index (χ1n) is 7.18. The number of methoxy groups -OCH3 is 1. The molecule has 0 bridgehead atoms. The summed E-state index contributed by atoms with van der Waals surface area (Å²) in [6, 6.07) is 0. The lowest BCUT2D eigenvalue weighted by Gasteiger charge is -2.49. The number of fused-ring (bicyclic) bond motifs is 1. The first-order valence-corrected chi connectivity index (χ1v) is 8.68. The standard InChI is InChI=1S/C13H23NO4S/c1-17-10-13-6-2-8-18-12(13)5-7-14(9-13)19(15,16)11-3-4-11/h11-12H,2-10H2,1H3/t12-,13-/m0/s1. The zero-order valence-electron chi connectivity index (χ0n) is 11.5. The van der Waals surface area contributed by atoms with Crippen molar-refractivity contribution in [1.82, 2.24) is 4.31 Å². The van der Waals surface area contributed by atoms with Gasteiger partial charge in [-0.05, 0) is 32.1 Å². The molecule has 3 fully saturated rings. The van der Waals surface area contributed by atoms with Crippen molar-refractivity contribution < 1.29 is 17.9 Å². The Morgan fingerprint density at radius 1 is 1.37 bits per heavy atom. The van der Waals surface area contributed by atoms with Gasteiger partial charge in [-0.25, -0.2) is 12.7 Å². The number of sulfonamides is 1. The van der Waals surface area contributed by atoms with Crippen molar-refractivity contribution in [3.05, 3.63) is 0 Å². The predicted molar refractivity (Wildman–Crippen MR) is 71.4 cm³/mol. The van der Waals surface area contributed by atoms with Gasteiger partial charge in [0.15, 0.2) is 0 Å². The Kier molecular flexibility index (Phi) is 3.62. The molecule has 2 aliphatic heterocycles. The summed E-state index contributed by atoms with van der Waals surface area (Å²) in [5.41, 5.74) is -0.132. The van der Waals surface area contributed by atoms with Crippen molar-refractivity contribution in [1.29, 1.82) is 0 Å². The van der Waals surface area contributed by atoms with Crippen LogP contribution in [-0.4, -0.2) is 57.5 Å². The van der Waals surface area contributed by atoms with Crippen molar-refractivity contribution in [3.63, 3.8) is 0 Å². The molecule has 2 atom stereocenters. The lowest BCUT2D eigenvalue weighted by Crippen LogP contribution is -2.58. The Bertz CT molecular complexity index is 430. The Balaban J connectivity index is 1.80. The van der Waals surface area contributed by atoms with E-state index in [2.05, 4.69) is 0 Å². The molecular weight excluding hydrogens is 266 g/mol.